The first-order chi connectivity index (χ1) is 8.33. The van der Waals surface area contributed by atoms with Gasteiger partial charge in [0.15, 0.2) is 11.8 Å². The van der Waals surface area contributed by atoms with E-state index in [4.69, 9.17) is 5.53 Å². The van der Waals surface area contributed by atoms with Gasteiger partial charge in [0, 0.05) is 5.56 Å². The standard InChI is InChI=1S/C14H12N2O/c15-16-13(11-7-3-1-4-8-11)14(17)12-9-5-2-6-10-12/h1-10,13,15H. The minimum atomic E-state index is -0.737. The lowest BCUT2D eigenvalue weighted by Gasteiger charge is -2.09. The van der Waals surface area contributed by atoms with Crippen LogP contribution in [0.25, 0.3) is 0 Å². The average molecular weight is 224 g/mol. The van der Waals surface area contributed by atoms with E-state index in [-0.39, 0.29) is 5.78 Å². The first kappa shape index (κ1) is 11.2. The lowest BCUT2D eigenvalue weighted by atomic mass is 9.98. The molecule has 0 bridgehead atoms. The summed E-state index contributed by atoms with van der Waals surface area (Å²) < 4.78 is 0. The molecule has 1 atom stereocenters. The van der Waals surface area contributed by atoms with Gasteiger partial charge in [0.2, 0.25) is 0 Å². The highest BCUT2D eigenvalue weighted by Gasteiger charge is 2.20. The van der Waals surface area contributed by atoms with Crippen LogP contribution >= 0.6 is 0 Å². The van der Waals surface area contributed by atoms with Gasteiger partial charge in [0.25, 0.3) is 0 Å². The van der Waals surface area contributed by atoms with Crippen molar-refractivity contribution in [3.8, 4) is 0 Å². The minimum Gasteiger partial charge on any atom is -0.291 e. The summed E-state index contributed by atoms with van der Waals surface area (Å²) in [5, 5.41) is 3.44. The van der Waals surface area contributed by atoms with Crippen molar-refractivity contribution >= 4 is 5.78 Å². The number of ketones is 1. The summed E-state index contributed by atoms with van der Waals surface area (Å²) in [6.07, 6.45) is 0. The second-order valence-electron chi connectivity index (χ2n) is 3.67. The van der Waals surface area contributed by atoms with Crippen LogP contribution in [0.3, 0.4) is 0 Å². The van der Waals surface area contributed by atoms with E-state index in [9.17, 15) is 4.79 Å². The molecule has 2 rings (SSSR count). The summed E-state index contributed by atoms with van der Waals surface area (Å²) >= 11 is 0. The van der Waals surface area contributed by atoms with Crippen molar-refractivity contribution in [3.05, 3.63) is 71.8 Å². The van der Waals surface area contributed by atoms with Gasteiger partial charge >= 0.3 is 0 Å². The van der Waals surface area contributed by atoms with Crippen molar-refractivity contribution < 1.29 is 4.79 Å². The first-order valence-corrected chi connectivity index (χ1v) is 5.33. The molecule has 3 heteroatoms. The van der Waals surface area contributed by atoms with Crippen LogP contribution in [-0.2, 0) is 0 Å². The Morgan fingerprint density at radius 1 is 0.941 bits per heavy atom. The van der Waals surface area contributed by atoms with Gasteiger partial charge in [-0.2, -0.15) is 5.11 Å². The molecule has 0 fully saturated rings. The number of carbonyl (C=O) groups excluding carboxylic acids is 1. The number of nitrogens with one attached hydrogen (secondary N) is 1. The van der Waals surface area contributed by atoms with E-state index in [1.54, 1.807) is 24.3 Å². The third-order valence-corrected chi connectivity index (χ3v) is 2.55. The Hall–Kier alpha value is -2.29. The van der Waals surface area contributed by atoms with Crippen LogP contribution in [0.1, 0.15) is 22.0 Å². The van der Waals surface area contributed by atoms with E-state index in [0.29, 0.717) is 5.56 Å². The molecule has 2 aromatic rings. The van der Waals surface area contributed by atoms with Crippen LogP contribution < -0.4 is 0 Å². The molecule has 3 nitrogen and oxygen atoms in total. The molecule has 0 heterocycles. The number of nitrogens with zero attached hydrogens (tertiary/aromatic N) is 1. The summed E-state index contributed by atoms with van der Waals surface area (Å²) in [5.74, 6) is -0.146. The van der Waals surface area contributed by atoms with E-state index >= 15 is 0 Å². The van der Waals surface area contributed by atoms with Gasteiger partial charge in [0.1, 0.15) is 0 Å². The van der Waals surface area contributed by atoms with Crippen LogP contribution in [0.15, 0.2) is 65.8 Å². The van der Waals surface area contributed by atoms with E-state index in [1.807, 2.05) is 36.4 Å². The summed E-state index contributed by atoms with van der Waals surface area (Å²) in [6, 6.07) is 17.4. The molecular formula is C14H12N2O. The Morgan fingerprint density at radius 2 is 1.47 bits per heavy atom. The zero-order valence-electron chi connectivity index (χ0n) is 9.21. The van der Waals surface area contributed by atoms with E-state index in [0.717, 1.165) is 5.56 Å². The average Bonchev–Trinajstić information content (AvgIpc) is 2.42. The molecule has 0 saturated heterocycles. The van der Waals surface area contributed by atoms with Crippen molar-refractivity contribution in [2.75, 3.05) is 0 Å². The third kappa shape index (κ3) is 2.45. The van der Waals surface area contributed by atoms with Crippen molar-refractivity contribution in [2.45, 2.75) is 6.04 Å². The number of carbonyl (C=O) groups is 1. The van der Waals surface area contributed by atoms with Crippen molar-refractivity contribution in [3.63, 3.8) is 0 Å². The summed E-state index contributed by atoms with van der Waals surface area (Å²) in [4.78, 5) is 12.2. The van der Waals surface area contributed by atoms with E-state index in [1.165, 1.54) is 0 Å². The van der Waals surface area contributed by atoms with Crippen LogP contribution in [-0.4, -0.2) is 5.78 Å². The van der Waals surface area contributed by atoms with E-state index < -0.39 is 6.04 Å². The van der Waals surface area contributed by atoms with Gasteiger partial charge in [-0.25, -0.2) is 5.53 Å². The van der Waals surface area contributed by atoms with Crippen LogP contribution in [0.2, 0.25) is 0 Å². The maximum Gasteiger partial charge on any atom is 0.193 e. The molecule has 0 aliphatic carbocycles. The molecule has 0 saturated carbocycles. The molecule has 1 unspecified atom stereocenters. The lowest BCUT2D eigenvalue weighted by molar-refractivity contribution is 0.0958. The SMILES string of the molecule is N=NC(C(=O)c1ccccc1)c1ccccc1. The molecule has 84 valence electrons. The summed E-state index contributed by atoms with van der Waals surface area (Å²) in [6.45, 7) is 0. The Morgan fingerprint density at radius 3 is 2.00 bits per heavy atom. The minimum absolute atomic E-state index is 0.146. The fraction of sp³-hybridized carbons (Fsp3) is 0.0714. The molecule has 0 aromatic heterocycles. The number of Topliss-reactive ketones (excluding diaryl/α,β-unsaturated/α-hetero) is 1. The van der Waals surface area contributed by atoms with Gasteiger partial charge in [-0.1, -0.05) is 60.7 Å². The summed E-state index contributed by atoms with van der Waals surface area (Å²) in [5.41, 5.74) is 8.51. The van der Waals surface area contributed by atoms with Crippen molar-refractivity contribution in [1.82, 2.24) is 0 Å². The van der Waals surface area contributed by atoms with E-state index in [2.05, 4.69) is 5.11 Å². The number of hydrogen-bond acceptors (Lipinski definition) is 3. The van der Waals surface area contributed by atoms with Crippen LogP contribution in [0.5, 0.6) is 0 Å². The highest BCUT2D eigenvalue weighted by atomic mass is 16.1. The maximum atomic E-state index is 12.2. The number of benzene rings is 2. The largest absolute Gasteiger partial charge is 0.291 e. The topological polar surface area (TPSA) is 53.3 Å². The predicted octanol–water partition coefficient (Wildman–Crippen LogP) is 3.64. The number of rotatable bonds is 4. The molecule has 17 heavy (non-hydrogen) atoms. The van der Waals surface area contributed by atoms with Gasteiger partial charge in [-0.05, 0) is 5.56 Å². The fourth-order valence-corrected chi connectivity index (χ4v) is 1.68. The molecule has 2 aromatic carbocycles. The Kier molecular flexibility index (Phi) is 3.40. The molecule has 0 radical (unpaired) electrons. The first-order valence-electron chi connectivity index (χ1n) is 5.33. The third-order valence-electron chi connectivity index (χ3n) is 2.55. The second kappa shape index (κ2) is 5.16. The zero-order chi connectivity index (χ0) is 12.1. The highest BCUT2D eigenvalue weighted by molar-refractivity contribution is 6.00. The molecule has 1 N–H and O–H groups in total. The quantitative estimate of drug-likeness (QED) is 0.625. The van der Waals surface area contributed by atoms with Gasteiger partial charge in [-0.15, -0.1) is 0 Å². The van der Waals surface area contributed by atoms with Crippen molar-refractivity contribution in [1.29, 1.82) is 5.53 Å². The normalized spacial score (nSPS) is 11.8. The van der Waals surface area contributed by atoms with Gasteiger partial charge < -0.3 is 0 Å². The molecule has 0 aliphatic rings. The lowest BCUT2D eigenvalue weighted by Crippen LogP contribution is -2.10. The monoisotopic (exact) mass is 224 g/mol. The smallest absolute Gasteiger partial charge is 0.193 e. The molecular weight excluding hydrogens is 212 g/mol. The predicted molar refractivity (Wildman–Crippen MR) is 65.1 cm³/mol. The summed E-state index contributed by atoms with van der Waals surface area (Å²) in [7, 11) is 0. The number of hydrogen-bond donors (Lipinski definition) is 1. The van der Waals surface area contributed by atoms with Gasteiger partial charge in [-0.3, -0.25) is 4.79 Å². The maximum absolute atomic E-state index is 12.2. The van der Waals surface area contributed by atoms with Crippen molar-refractivity contribution in [2.24, 2.45) is 5.11 Å². The second-order valence-corrected chi connectivity index (χ2v) is 3.67. The Labute approximate surface area is 99.6 Å². The highest BCUT2D eigenvalue weighted by Crippen LogP contribution is 2.21. The van der Waals surface area contributed by atoms with Crippen LogP contribution in [0, 0.1) is 5.53 Å². The molecule has 0 amide bonds. The van der Waals surface area contributed by atoms with Gasteiger partial charge in [0.05, 0.1) is 0 Å². The Balaban J connectivity index is 2.32. The Bertz CT molecular complexity index is 508. The molecule has 0 aliphatic heterocycles. The fourth-order valence-electron chi connectivity index (χ4n) is 1.68. The van der Waals surface area contributed by atoms with Crippen LogP contribution in [0.4, 0.5) is 0 Å². The molecule has 0 spiro atoms. The zero-order valence-corrected chi connectivity index (χ0v) is 9.21.